The first-order chi connectivity index (χ1) is 8.50. The van der Waals surface area contributed by atoms with Gasteiger partial charge in [0.15, 0.2) is 0 Å². The monoisotopic (exact) mass is 292 g/mol. The van der Waals surface area contributed by atoms with Gasteiger partial charge in [0.25, 0.3) is 5.91 Å². The van der Waals surface area contributed by atoms with E-state index in [-0.39, 0.29) is 23.3 Å². The molecule has 100 valence electrons. The Morgan fingerprint density at radius 3 is 2.72 bits per heavy atom. The lowest BCUT2D eigenvalue weighted by Crippen LogP contribution is -2.46. The molecule has 0 atom stereocenters. The van der Waals surface area contributed by atoms with Crippen LogP contribution in [0, 0.1) is 0 Å². The summed E-state index contributed by atoms with van der Waals surface area (Å²) in [6.45, 7) is 1.20. The number of nitrogens with one attached hydrogen (secondary N) is 2. The van der Waals surface area contributed by atoms with Gasteiger partial charge in [-0.1, -0.05) is 23.2 Å². The number of carbonyl (C=O) groups excluding carboxylic acids is 1. The van der Waals surface area contributed by atoms with Crippen molar-refractivity contribution in [1.82, 2.24) is 10.3 Å². The third-order valence-corrected chi connectivity index (χ3v) is 3.66. The molecule has 0 aliphatic carbocycles. The lowest BCUT2D eigenvalue weighted by atomic mass is 9.94. The van der Waals surface area contributed by atoms with Crippen molar-refractivity contribution in [1.29, 1.82) is 0 Å². The lowest BCUT2D eigenvalue weighted by molar-refractivity contribution is -0.0605. The van der Waals surface area contributed by atoms with Crippen LogP contribution < -0.4 is 5.32 Å². The lowest BCUT2D eigenvalue weighted by Gasteiger charge is -2.31. The number of H-pyrrole nitrogens is 1. The number of hydrogen-bond acceptors (Lipinski definition) is 3. The number of hydrogen-bond donors (Lipinski definition) is 3. The summed E-state index contributed by atoms with van der Waals surface area (Å²) >= 11 is 11.5. The minimum absolute atomic E-state index is 0.184. The Kier molecular flexibility index (Phi) is 4.17. The van der Waals surface area contributed by atoms with Crippen LogP contribution in [-0.4, -0.2) is 41.4 Å². The Bertz CT molecular complexity index is 422. The van der Waals surface area contributed by atoms with Crippen LogP contribution in [0.15, 0.2) is 6.07 Å². The van der Waals surface area contributed by atoms with E-state index in [1.165, 1.54) is 6.07 Å². The van der Waals surface area contributed by atoms with Crippen LogP contribution in [0.1, 0.15) is 23.3 Å². The van der Waals surface area contributed by atoms with Crippen molar-refractivity contribution in [3.05, 3.63) is 21.9 Å². The van der Waals surface area contributed by atoms with Crippen LogP contribution in [-0.2, 0) is 4.74 Å². The molecule has 18 heavy (non-hydrogen) atoms. The van der Waals surface area contributed by atoms with Crippen LogP contribution in [0.4, 0.5) is 0 Å². The summed E-state index contributed by atoms with van der Waals surface area (Å²) < 4.78 is 5.16. The van der Waals surface area contributed by atoms with Gasteiger partial charge in [-0.05, 0) is 6.07 Å². The van der Waals surface area contributed by atoms with Crippen LogP contribution >= 0.6 is 23.2 Å². The van der Waals surface area contributed by atoms with Gasteiger partial charge in [0.05, 0.1) is 10.6 Å². The Balaban J connectivity index is 1.91. The van der Waals surface area contributed by atoms with E-state index in [1.54, 1.807) is 0 Å². The largest absolute Gasteiger partial charge is 0.388 e. The van der Waals surface area contributed by atoms with E-state index in [4.69, 9.17) is 27.9 Å². The second kappa shape index (κ2) is 5.48. The molecule has 0 aromatic carbocycles. The zero-order valence-electron chi connectivity index (χ0n) is 9.63. The first-order valence-corrected chi connectivity index (χ1v) is 6.38. The predicted molar refractivity (Wildman–Crippen MR) is 68.1 cm³/mol. The maximum absolute atomic E-state index is 11.8. The first-order valence-electron chi connectivity index (χ1n) is 5.62. The highest BCUT2D eigenvalue weighted by molar-refractivity contribution is 6.41. The normalized spacial score (nSPS) is 18.6. The molecule has 0 spiro atoms. The van der Waals surface area contributed by atoms with Gasteiger partial charge in [-0.2, -0.15) is 0 Å². The van der Waals surface area contributed by atoms with Crippen molar-refractivity contribution in [3.8, 4) is 0 Å². The summed E-state index contributed by atoms with van der Waals surface area (Å²) in [5.74, 6) is -0.344. The van der Waals surface area contributed by atoms with Crippen molar-refractivity contribution in [2.24, 2.45) is 0 Å². The number of rotatable bonds is 3. The average Bonchev–Trinajstić information content (AvgIpc) is 2.68. The zero-order valence-corrected chi connectivity index (χ0v) is 11.1. The predicted octanol–water partition coefficient (Wildman–Crippen LogP) is 1.59. The summed E-state index contributed by atoms with van der Waals surface area (Å²) in [6.07, 6.45) is 1.03. The van der Waals surface area contributed by atoms with Gasteiger partial charge in [0.2, 0.25) is 0 Å². The van der Waals surface area contributed by atoms with Crippen LogP contribution in [0.2, 0.25) is 10.2 Å². The fraction of sp³-hybridized carbons (Fsp3) is 0.545. The van der Waals surface area contributed by atoms with Crippen LogP contribution in [0.3, 0.4) is 0 Å². The maximum Gasteiger partial charge on any atom is 0.267 e. The summed E-state index contributed by atoms with van der Waals surface area (Å²) in [7, 11) is 0. The number of carbonyl (C=O) groups is 1. The van der Waals surface area contributed by atoms with E-state index in [9.17, 15) is 9.90 Å². The summed E-state index contributed by atoms with van der Waals surface area (Å²) in [4.78, 5) is 14.5. The fourth-order valence-electron chi connectivity index (χ4n) is 1.79. The Hall–Kier alpha value is -0.750. The molecule has 1 saturated heterocycles. The second-order valence-electron chi connectivity index (χ2n) is 4.36. The van der Waals surface area contributed by atoms with E-state index in [0.717, 1.165) is 0 Å². The summed E-state index contributed by atoms with van der Waals surface area (Å²) in [6, 6.07) is 1.45. The molecule has 1 aromatic rings. The Labute approximate surface area is 114 Å². The smallest absolute Gasteiger partial charge is 0.267 e. The molecule has 1 amide bonds. The molecular formula is C11H14Cl2N2O3. The SMILES string of the molecule is O=C(NCC1(O)CCOCC1)c1cc(Cl)c(Cl)[nH]1. The first kappa shape index (κ1) is 13.7. The number of aromatic nitrogens is 1. The number of ether oxygens (including phenoxy) is 1. The van der Waals surface area contributed by atoms with E-state index in [1.807, 2.05) is 0 Å². The molecule has 0 radical (unpaired) electrons. The van der Waals surface area contributed by atoms with Gasteiger partial charge in [0, 0.05) is 32.6 Å². The fourth-order valence-corrected chi connectivity index (χ4v) is 2.11. The van der Waals surface area contributed by atoms with Gasteiger partial charge in [-0.25, -0.2) is 0 Å². The highest BCUT2D eigenvalue weighted by Gasteiger charge is 2.30. The quantitative estimate of drug-likeness (QED) is 0.792. The minimum Gasteiger partial charge on any atom is -0.388 e. The van der Waals surface area contributed by atoms with E-state index in [2.05, 4.69) is 10.3 Å². The van der Waals surface area contributed by atoms with Crippen molar-refractivity contribution in [3.63, 3.8) is 0 Å². The average molecular weight is 293 g/mol. The molecule has 5 nitrogen and oxygen atoms in total. The molecule has 7 heteroatoms. The Morgan fingerprint density at radius 2 is 2.17 bits per heavy atom. The summed E-state index contributed by atoms with van der Waals surface area (Å²) in [5.41, 5.74) is -0.616. The zero-order chi connectivity index (χ0) is 13.2. The molecule has 0 unspecified atom stereocenters. The third-order valence-electron chi connectivity index (χ3n) is 2.97. The second-order valence-corrected chi connectivity index (χ2v) is 5.15. The third kappa shape index (κ3) is 3.17. The van der Waals surface area contributed by atoms with Crippen molar-refractivity contribution < 1.29 is 14.6 Å². The number of amides is 1. The topological polar surface area (TPSA) is 74.3 Å². The molecule has 2 rings (SSSR count). The van der Waals surface area contributed by atoms with E-state index >= 15 is 0 Å². The molecule has 0 saturated carbocycles. The van der Waals surface area contributed by atoms with Gasteiger partial charge in [-0.3, -0.25) is 4.79 Å². The molecule has 1 aliphatic rings. The molecule has 1 aromatic heterocycles. The van der Waals surface area contributed by atoms with Crippen LogP contribution in [0.25, 0.3) is 0 Å². The molecule has 0 bridgehead atoms. The maximum atomic E-state index is 11.8. The van der Waals surface area contributed by atoms with Gasteiger partial charge in [0.1, 0.15) is 10.8 Å². The number of halogens is 2. The van der Waals surface area contributed by atoms with Gasteiger partial charge < -0.3 is 20.1 Å². The van der Waals surface area contributed by atoms with Crippen LogP contribution in [0.5, 0.6) is 0 Å². The standard InChI is InChI=1S/C11H14Cl2N2O3/c12-7-5-8(15-9(7)13)10(16)14-6-11(17)1-3-18-4-2-11/h5,15,17H,1-4,6H2,(H,14,16). The van der Waals surface area contributed by atoms with Crippen molar-refractivity contribution >= 4 is 29.1 Å². The highest BCUT2D eigenvalue weighted by Crippen LogP contribution is 2.22. The molecule has 1 aliphatic heterocycles. The number of aliphatic hydroxyl groups is 1. The van der Waals surface area contributed by atoms with Crippen molar-refractivity contribution in [2.45, 2.75) is 18.4 Å². The van der Waals surface area contributed by atoms with E-state index in [0.29, 0.717) is 31.1 Å². The van der Waals surface area contributed by atoms with Gasteiger partial charge >= 0.3 is 0 Å². The van der Waals surface area contributed by atoms with E-state index < -0.39 is 5.60 Å². The highest BCUT2D eigenvalue weighted by atomic mass is 35.5. The molecular weight excluding hydrogens is 279 g/mol. The minimum atomic E-state index is -0.895. The summed E-state index contributed by atoms with van der Waals surface area (Å²) in [5, 5.41) is 13.4. The molecule has 3 N–H and O–H groups in total. The number of aromatic amines is 1. The molecule has 2 heterocycles. The van der Waals surface area contributed by atoms with Crippen molar-refractivity contribution in [2.75, 3.05) is 19.8 Å². The van der Waals surface area contributed by atoms with Gasteiger partial charge in [-0.15, -0.1) is 0 Å². The Morgan fingerprint density at radius 1 is 1.50 bits per heavy atom. The molecule has 1 fully saturated rings.